The van der Waals surface area contributed by atoms with E-state index in [1.54, 1.807) is 0 Å². The Balaban J connectivity index is 1.82. The van der Waals surface area contributed by atoms with Crippen LogP contribution >= 0.6 is 0 Å². The standard InChI is InChI=1S/C13H22N4O/c1-11(2)13(18)17-6-4-16(5-7-17)10-12-8-14-15(3)9-12/h8-9,11H,4-7,10H2,1-3H3. The topological polar surface area (TPSA) is 41.4 Å². The van der Waals surface area contributed by atoms with E-state index in [-0.39, 0.29) is 11.8 Å². The fourth-order valence-corrected chi connectivity index (χ4v) is 2.30. The second-order valence-corrected chi connectivity index (χ2v) is 5.28. The van der Waals surface area contributed by atoms with Crippen LogP contribution in [0.1, 0.15) is 19.4 Å². The van der Waals surface area contributed by atoms with Crippen molar-refractivity contribution in [3.63, 3.8) is 0 Å². The quantitative estimate of drug-likeness (QED) is 0.794. The molecule has 0 N–H and O–H groups in total. The SMILES string of the molecule is CC(C)C(=O)N1CCN(Cc2cnn(C)c2)CC1. The summed E-state index contributed by atoms with van der Waals surface area (Å²) in [5.74, 6) is 0.380. The Hall–Kier alpha value is -1.36. The van der Waals surface area contributed by atoms with Crippen molar-refractivity contribution in [1.29, 1.82) is 0 Å². The van der Waals surface area contributed by atoms with Gasteiger partial charge in [-0.25, -0.2) is 0 Å². The minimum atomic E-state index is 0.106. The molecule has 0 saturated carbocycles. The van der Waals surface area contributed by atoms with E-state index in [0.717, 1.165) is 32.7 Å². The molecule has 5 heteroatoms. The highest BCUT2D eigenvalue weighted by Crippen LogP contribution is 2.10. The summed E-state index contributed by atoms with van der Waals surface area (Å²) in [7, 11) is 1.93. The van der Waals surface area contributed by atoms with Crippen LogP contribution in [0.5, 0.6) is 0 Å². The summed E-state index contributed by atoms with van der Waals surface area (Å²) < 4.78 is 1.83. The van der Waals surface area contributed by atoms with Crippen molar-refractivity contribution >= 4 is 5.91 Å². The third-order valence-electron chi connectivity index (χ3n) is 3.34. The molecule has 2 heterocycles. The molecule has 1 amide bonds. The van der Waals surface area contributed by atoms with Gasteiger partial charge in [0.25, 0.3) is 0 Å². The maximum Gasteiger partial charge on any atom is 0.225 e. The Morgan fingerprint density at radius 3 is 2.50 bits per heavy atom. The van der Waals surface area contributed by atoms with Gasteiger partial charge in [0.1, 0.15) is 0 Å². The highest BCUT2D eigenvalue weighted by atomic mass is 16.2. The van der Waals surface area contributed by atoms with E-state index in [9.17, 15) is 4.79 Å². The fraction of sp³-hybridized carbons (Fsp3) is 0.692. The van der Waals surface area contributed by atoms with Crippen LogP contribution in [0.25, 0.3) is 0 Å². The predicted octanol–water partition coefficient (Wildman–Crippen LogP) is 0.720. The van der Waals surface area contributed by atoms with Crippen molar-refractivity contribution in [2.45, 2.75) is 20.4 Å². The number of carbonyl (C=O) groups excluding carboxylic acids is 1. The second kappa shape index (κ2) is 5.52. The molecule has 0 radical (unpaired) electrons. The molecule has 0 aliphatic carbocycles. The molecule has 0 aromatic carbocycles. The smallest absolute Gasteiger partial charge is 0.225 e. The Morgan fingerprint density at radius 1 is 1.33 bits per heavy atom. The first kappa shape index (κ1) is 13.1. The minimum absolute atomic E-state index is 0.106. The molecular weight excluding hydrogens is 228 g/mol. The summed E-state index contributed by atoms with van der Waals surface area (Å²) in [5.41, 5.74) is 1.24. The van der Waals surface area contributed by atoms with Gasteiger partial charge >= 0.3 is 0 Å². The van der Waals surface area contributed by atoms with Crippen LogP contribution in [0.2, 0.25) is 0 Å². The average molecular weight is 250 g/mol. The zero-order valence-corrected chi connectivity index (χ0v) is 11.5. The van der Waals surface area contributed by atoms with E-state index in [0.29, 0.717) is 0 Å². The van der Waals surface area contributed by atoms with Crippen LogP contribution in [-0.2, 0) is 18.4 Å². The number of amides is 1. The van der Waals surface area contributed by atoms with Gasteiger partial charge in [-0.1, -0.05) is 13.8 Å². The first-order valence-corrected chi connectivity index (χ1v) is 6.55. The summed E-state index contributed by atoms with van der Waals surface area (Å²) >= 11 is 0. The number of aromatic nitrogens is 2. The van der Waals surface area contributed by atoms with E-state index < -0.39 is 0 Å². The second-order valence-electron chi connectivity index (χ2n) is 5.28. The van der Waals surface area contributed by atoms with Crippen LogP contribution in [0.15, 0.2) is 12.4 Å². The van der Waals surface area contributed by atoms with Crippen LogP contribution in [0, 0.1) is 5.92 Å². The molecule has 100 valence electrons. The Morgan fingerprint density at radius 2 is 2.00 bits per heavy atom. The van der Waals surface area contributed by atoms with Crippen LogP contribution in [0.4, 0.5) is 0 Å². The van der Waals surface area contributed by atoms with Gasteiger partial charge in [-0.3, -0.25) is 14.4 Å². The lowest BCUT2D eigenvalue weighted by Gasteiger charge is -2.35. The molecule has 1 aliphatic heterocycles. The van der Waals surface area contributed by atoms with Gasteiger partial charge < -0.3 is 4.90 Å². The number of rotatable bonds is 3. The Labute approximate surface area is 108 Å². The first-order valence-electron chi connectivity index (χ1n) is 6.55. The maximum atomic E-state index is 11.9. The predicted molar refractivity (Wildman–Crippen MR) is 69.9 cm³/mol. The molecule has 18 heavy (non-hydrogen) atoms. The van der Waals surface area contributed by atoms with Gasteiger partial charge in [0.15, 0.2) is 0 Å². The zero-order chi connectivity index (χ0) is 13.1. The number of piperazine rings is 1. The first-order chi connectivity index (χ1) is 8.56. The van der Waals surface area contributed by atoms with Crippen molar-refractivity contribution in [2.24, 2.45) is 13.0 Å². The highest BCUT2D eigenvalue weighted by molar-refractivity contribution is 5.78. The lowest BCUT2D eigenvalue weighted by Crippen LogP contribution is -2.49. The fourth-order valence-electron chi connectivity index (χ4n) is 2.30. The molecule has 1 saturated heterocycles. The van der Waals surface area contributed by atoms with E-state index in [4.69, 9.17) is 0 Å². The van der Waals surface area contributed by atoms with Crippen LogP contribution in [-0.4, -0.2) is 51.7 Å². The Kier molecular flexibility index (Phi) is 4.01. The molecule has 1 aromatic rings. The number of carbonyl (C=O) groups is 1. The molecule has 0 atom stereocenters. The average Bonchev–Trinajstić information content (AvgIpc) is 2.75. The summed E-state index contributed by atoms with van der Waals surface area (Å²) in [6, 6.07) is 0. The van der Waals surface area contributed by atoms with Gasteiger partial charge in [-0.15, -0.1) is 0 Å². The minimum Gasteiger partial charge on any atom is -0.340 e. The largest absolute Gasteiger partial charge is 0.340 e. The van der Waals surface area contributed by atoms with E-state index in [1.807, 2.05) is 42.9 Å². The maximum absolute atomic E-state index is 11.9. The normalized spacial score (nSPS) is 17.4. The van der Waals surface area contributed by atoms with Gasteiger partial charge in [-0.2, -0.15) is 5.10 Å². The monoisotopic (exact) mass is 250 g/mol. The number of aryl methyl sites for hydroxylation is 1. The van der Waals surface area contributed by atoms with Gasteiger partial charge in [-0.05, 0) is 0 Å². The van der Waals surface area contributed by atoms with Gasteiger partial charge in [0.2, 0.25) is 5.91 Å². The van der Waals surface area contributed by atoms with Crippen LogP contribution < -0.4 is 0 Å². The summed E-state index contributed by atoms with van der Waals surface area (Å²) in [5, 5.41) is 4.17. The molecular formula is C13H22N4O. The van der Waals surface area contributed by atoms with Gasteiger partial charge in [0, 0.05) is 57.4 Å². The number of hydrogen-bond donors (Lipinski definition) is 0. The van der Waals surface area contributed by atoms with E-state index in [2.05, 4.69) is 10.00 Å². The molecule has 0 unspecified atom stereocenters. The summed E-state index contributed by atoms with van der Waals surface area (Å²) in [4.78, 5) is 16.2. The molecule has 1 aromatic heterocycles. The highest BCUT2D eigenvalue weighted by Gasteiger charge is 2.22. The molecule has 0 spiro atoms. The van der Waals surface area contributed by atoms with Gasteiger partial charge in [0.05, 0.1) is 6.20 Å². The summed E-state index contributed by atoms with van der Waals surface area (Å²) in [6.45, 7) is 8.45. The van der Waals surface area contributed by atoms with Crippen molar-refractivity contribution in [2.75, 3.05) is 26.2 Å². The van der Waals surface area contributed by atoms with E-state index >= 15 is 0 Å². The third kappa shape index (κ3) is 3.10. The molecule has 1 fully saturated rings. The third-order valence-corrected chi connectivity index (χ3v) is 3.34. The van der Waals surface area contributed by atoms with Crippen molar-refractivity contribution in [1.82, 2.24) is 19.6 Å². The molecule has 0 bridgehead atoms. The Bertz CT molecular complexity index is 405. The number of hydrogen-bond acceptors (Lipinski definition) is 3. The van der Waals surface area contributed by atoms with Crippen molar-refractivity contribution in [3.8, 4) is 0 Å². The molecule has 2 rings (SSSR count). The lowest BCUT2D eigenvalue weighted by atomic mass is 10.1. The van der Waals surface area contributed by atoms with E-state index in [1.165, 1.54) is 5.56 Å². The molecule has 5 nitrogen and oxygen atoms in total. The summed E-state index contributed by atoms with van der Waals surface area (Å²) in [6.07, 6.45) is 3.96. The van der Waals surface area contributed by atoms with Crippen molar-refractivity contribution < 1.29 is 4.79 Å². The molecule has 1 aliphatic rings. The lowest BCUT2D eigenvalue weighted by molar-refractivity contribution is -0.136. The zero-order valence-electron chi connectivity index (χ0n) is 11.5. The number of nitrogens with zero attached hydrogens (tertiary/aromatic N) is 4. The van der Waals surface area contributed by atoms with Crippen molar-refractivity contribution in [3.05, 3.63) is 18.0 Å². The van der Waals surface area contributed by atoms with Crippen LogP contribution in [0.3, 0.4) is 0 Å².